The fourth-order valence-corrected chi connectivity index (χ4v) is 2.40. The average molecular weight is 265 g/mol. The number of nitrogen functional groups attached to an aromatic ring is 1. The van der Waals surface area contributed by atoms with E-state index in [0.717, 1.165) is 22.4 Å². The van der Waals surface area contributed by atoms with Crippen LogP contribution in [0.3, 0.4) is 0 Å². The fraction of sp³-hybridized carbons (Fsp3) is 0.125. The summed E-state index contributed by atoms with van der Waals surface area (Å²) in [7, 11) is 0. The molecule has 0 fully saturated rings. The Balaban J connectivity index is 2.21. The van der Waals surface area contributed by atoms with Crippen molar-refractivity contribution >= 4 is 5.88 Å². The molecule has 0 unspecified atom stereocenters. The molecule has 1 aromatic carbocycles. The number of aryl methyl sites for hydroxylation is 2. The summed E-state index contributed by atoms with van der Waals surface area (Å²) in [6.07, 6.45) is 3.48. The predicted octanol–water partition coefficient (Wildman–Crippen LogP) is 3.60. The van der Waals surface area contributed by atoms with Crippen molar-refractivity contribution in [3.63, 3.8) is 0 Å². The SMILES string of the molecule is Cc1cc(C)cc(-c2noc(N)c2-c2cccnc2)c1. The van der Waals surface area contributed by atoms with Gasteiger partial charge in [0.05, 0.1) is 5.56 Å². The van der Waals surface area contributed by atoms with Crippen LogP contribution in [0.15, 0.2) is 47.2 Å². The summed E-state index contributed by atoms with van der Waals surface area (Å²) in [5, 5.41) is 4.12. The first-order chi connectivity index (χ1) is 9.65. The third-order valence-corrected chi connectivity index (χ3v) is 3.16. The summed E-state index contributed by atoms with van der Waals surface area (Å²) in [4.78, 5) is 4.13. The largest absolute Gasteiger partial charge is 0.367 e. The molecule has 0 bridgehead atoms. The van der Waals surface area contributed by atoms with Crippen LogP contribution < -0.4 is 5.73 Å². The summed E-state index contributed by atoms with van der Waals surface area (Å²) >= 11 is 0. The van der Waals surface area contributed by atoms with Crippen molar-refractivity contribution in [1.82, 2.24) is 10.1 Å². The number of aromatic nitrogens is 2. The lowest BCUT2D eigenvalue weighted by atomic mass is 9.99. The van der Waals surface area contributed by atoms with Gasteiger partial charge in [-0.3, -0.25) is 4.98 Å². The second-order valence-electron chi connectivity index (χ2n) is 4.89. The van der Waals surface area contributed by atoms with Crippen molar-refractivity contribution in [3.8, 4) is 22.4 Å². The van der Waals surface area contributed by atoms with Gasteiger partial charge in [0.15, 0.2) is 0 Å². The maximum atomic E-state index is 5.93. The summed E-state index contributed by atoms with van der Waals surface area (Å²) in [5.74, 6) is 0.312. The molecule has 2 N–H and O–H groups in total. The zero-order valence-corrected chi connectivity index (χ0v) is 11.4. The maximum Gasteiger partial charge on any atom is 0.230 e. The molecule has 0 amide bonds. The van der Waals surface area contributed by atoms with Gasteiger partial charge in [-0.1, -0.05) is 28.4 Å². The zero-order chi connectivity index (χ0) is 14.1. The number of pyridine rings is 1. The topological polar surface area (TPSA) is 64.9 Å². The van der Waals surface area contributed by atoms with Crippen LogP contribution in [-0.4, -0.2) is 10.1 Å². The van der Waals surface area contributed by atoms with Crippen LogP contribution in [-0.2, 0) is 0 Å². The number of anilines is 1. The molecular formula is C16H15N3O. The molecule has 2 aromatic heterocycles. The van der Waals surface area contributed by atoms with Crippen LogP contribution in [0.5, 0.6) is 0 Å². The maximum absolute atomic E-state index is 5.93. The lowest BCUT2D eigenvalue weighted by Crippen LogP contribution is -1.89. The van der Waals surface area contributed by atoms with Crippen LogP contribution in [0.4, 0.5) is 5.88 Å². The van der Waals surface area contributed by atoms with Gasteiger partial charge in [-0.2, -0.15) is 0 Å². The Morgan fingerprint density at radius 3 is 2.45 bits per heavy atom. The smallest absolute Gasteiger partial charge is 0.230 e. The molecule has 2 heterocycles. The Morgan fingerprint density at radius 1 is 1.05 bits per heavy atom. The van der Waals surface area contributed by atoms with E-state index in [1.54, 1.807) is 12.4 Å². The minimum absolute atomic E-state index is 0.312. The molecule has 0 saturated heterocycles. The van der Waals surface area contributed by atoms with Gasteiger partial charge in [-0.25, -0.2) is 0 Å². The zero-order valence-electron chi connectivity index (χ0n) is 11.4. The van der Waals surface area contributed by atoms with E-state index in [0.29, 0.717) is 5.88 Å². The van der Waals surface area contributed by atoms with Crippen LogP contribution >= 0.6 is 0 Å². The van der Waals surface area contributed by atoms with Gasteiger partial charge in [-0.05, 0) is 32.0 Å². The second-order valence-corrected chi connectivity index (χ2v) is 4.89. The van der Waals surface area contributed by atoms with Crippen LogP contribution in [0.1, 0.15) is 11.1 Å². The molecule has 4 nitrogen and oxygen atoms in total. The van der Waals surface area contributed by atoms with Crippen LogP contribution in [0.25, 0.3) is 22.4 Å². The number of hydrogen-bond donors (Lipinski definition) is 1. The summed E-state index contributed by atoms with van der Waals surface area (Å²) in [6.45, 7) is 4.12. The summed E-state index contributed by atoms with van der Waals surface area (Å²) in [6, 6.07) is 10.1. The third-order valence-electron chi connectivity index (χ3n) is 3.16. The number of nitrogens with two attached hydrogens (primary N) is 1. The number of rotatable bonds is 2. The van der Waals surface area contributed by atoms with Crippen molar-refractivity contribution in [2.45, 2.75) is 13.8 Å². The molecule has 0 aliphatic carbocycles. The molecule has 100 valence electrons. The van der Waals surface area contributed by atoms with Gasteiger partial charge in [-0.15, -0.1) is 0 Å². The highest BCUT2D eigenvalue weighted by Gasteiger charge is 2.17. The highest BCUT2D eigenvalue weighted by Crippen LogP contribution is 2.36. The van der Waals surface area contributed by atoms with E-state index in [-0.39, 0.29) is 0 Å². The summed E-state index contributed by atoms with van der Waals surface area (Å²) < 4.78 is 5.18. The lowest BCUT2D eigenvalue weighted by Gasteiger charge is -2.05. The van der Waals surface area contributed by atoms with E-state index in [1.807, 2.05) is 12.1 Å². The van der Waals surface area contributed by atoms with E-state index in [2.05, 4.69) is 42.2 Å². The molecule has 3 aromatic rings. The third kappa shape index (κ3) is 2.16. The molecule has 20 heavy (non-hydrogen) atoms. The van der Waals surface area contributed by atoms with E-state index >= 15 is 0 Å². The summed E-state index contributed by atoms with van der Waals surface area (Å²) in [5.41, 5.74) is 11.7. The minimum atomic E-state index is 0.312. The standard InChI is InChI=1S/C16H15N3O/c1-10-6-11(2)8-13(7-10)15-14(16(17)20-19-15)12-4-3-5-18-9-12/h3-9H,17H2,1-2H3. The van der Waals surface area contributed by atoms with Gasteiger partial charge >= 0.3 is 0 Å². The predicted molar refractivity (Wildman–Crippen MR) is 79.1 cm³/mol. The number of hydrogen-bond acceptors (Lipinski definition) is 4. The molecule has 0 aliphatic rings. The minimum Gasteiger partial charge on any atom is -0.367 e. The first-order valence-electron chi connectivity index (χ1n) is 6.39. The Hall–Kier alpha value is -2.62. The van der Waals surface area contributed by atoms with Crippen molar-refractivity contribution in [3.05, 3.63) is 53.9 Å². The molecule has 3 rings (SSSR count). The van der Waals surface area contributed by atoms with E-state index in [4.69, 9.17) is 10.3 Å². The average Bonchev–Trinajstić information content (AvgIpc) is 2.80. The first kappa shape index (κ1) is 12.4. The highest BCUT2D eigenvalue weighted by molar-refractivity contribution is 5.86. The normalized spacial score (nSPS) is 10.7. The van der Waals surface area contributed by atoms with Gasteiger partial charge in [0.25, 0.3) is 0 Å². The lowest BCUT2D eigenvalue weighted by molar-refractivity contribution is 0.439. The van der Waals surface area contributed by atoms with Crippen molar-refractivity contribution < 1.29 is 4.52 Å². The molecule has 4 heteroatoms. The second kappa shape index (κ2) is 4.81. The number of benzene rings is 1. The molecule has 0 spiro atoms. The Kier molecular flexibility index (Phi) is 2.99. The van der Waals surface area contributed by atoms with Crippen molar-refractivity contribution in [2.24, 2.45) is 0 Å². The van der Waals surface area contributed by atoms with E-state index in [9.17, 15) is 0 Å². The van der Waals surface area contributed by atoms with Gasteiger partial charge in [0.2, 0.25) is 5.88 Å². The first-order valence-corrected chi connectivity index (χ1v) is 6.39. The van der Waals surface area contributed by atoms with Crippen molar-refractivity contribution in [1.29, 1.82) is 0 Å². The van der Waals surface area contributed by atoms with Gasteiger partial charge < -0.3 is 10.3 Å². The van der Waals surface area contributed by atoms with Crippen molar-refractivity contribution in [2.75, 3.05) is 5.73 Å². The Labute approximate surface area is 117 Å². The quantitative estimate of drug-likeness (QED) is 0.768. The van der Waals surface area contributed by atoms with Crippen LogP contribution in [0, 0.1) is 13.8 Å². The van der Waals surface area contributed by atoms with E-state index < -0.39 is 0 Å². The molecule has 0 atom stereocenters. The van der Waals surface area contributed by atoms with Crippen LogP contribution in [0.2, 0.25) is 0 Å². The number of nitrogens with zero attached hydrogens (tertiary/aromatic N) is 2. The molecule has 0 aliphatic heterocycles. The monoisotopic (exact) mass is 265 g/mol. The Morgan fingerprint density at radius 2 is 1.80 bits per heavy atom. The Bertz CT molecular complexity index is 727. The molecular weight excluding hydrogens is 250 g/mol. The fourth-order valence-electron chi connectivity index (χ4n) is 2.40. The molecule has 0 radical (unpaired) electrons. The molecule has 0 saturated carbocycles. The highest BCUT2D eigenvalue weighted by atomic mass is 16.5. The van der Waals surface area contributed by atoms with Gasteiger partial charge in [0, 0.05) is 23.5 Å². The van der Waals surface area contributed by atoms with Gasteiger partial charge in [0.1, 0.15) is 5.69 Å². The van der Waals surface area contributed by atoms with E-state index in [1.165, 1.54) is 11.1 Å².